The zero-order chi connectivity index (χ0) is 14.4. The highest BCUT2D eigenvalue weighted by Crippen LogP contribution is 2.36. The van der Waals surface area contributed by atoms with Crippen molar-refractivity contribution in [3.63, 3.8) is 0 Å². The Morgan fingerprint density at radius 2 is 1.84 bits per heavy atom. The minimum atomic E-state index is -3.51. The maximum absolute atomic E-state index is 12.1. The number of rotatable bonds is 3. The van der Waals surface area contributed by atoms with Crippen LogP contribution < -0.4 is 0 Å². The van der Waals surface area contributed by atoms with Crippen LogP contribution in [0.25, 0.3) is 5.57 Å². The summed E-state index contributed by atoms with van der Waals surface area (Å²) < 4.78 is 48.1. The molecule has 104 valence electrons. The maximum Gasteiger partial charge on any atom is 0.201 e. The van der Waals surface area contributed by atoms with Gasteiger partial charge in [-0.1, -0.05) is 18.2 Å². The molecule has 0 spiro atoms. The summed E-state index contributed by atoms with van der Waals surface area (Å²) in [5.74, 6) is -0.236. The van der Waals surface area contributed by atoms with Crippen LogP contribution >= 0.6 is 0 Å². The molecular formula is C13H16O4S2. The highest BCUT2D eigenvalue weighted by Gasteiger charge is 2.31. The molecule has 19 heavy (non-hydrogen) atoms. The summed E-state index contributed by atoms with van der Waals surface area (Å²) in [5.41, 5.74) is 1.53. The maximum atomic E-state index is 12.1. The van der Waals surface area contributed by atoms with Crippen LogP contribution in [-0.2, 0) is 19.7 Å². The molecule has 6 heteroatoms. The van der Waals surface area contributed by atoms with E-state index in [-0.39, 0.29) is 10.6 Å². The Kier molecular flexibility index (Phi) is 3.35. The Labute approximate surface area is 114 Å². The van der Waals surface area contributed by atoms with Gasteiger partial charge >= 0.3 is 0 Å². The second-order valence-corrected chi connectivity index (χ2v) is 9.29. The molecule has 0 saturated carbocycles. The molecule has 0 atom stereocenters. The topological polar surface area (TPSA) is 68.3 Å². The van der Waals surface area contributed by atoms with Crippen molar-refractivity contribution in [1.29, 1.82) is 0 Å². The second kappa shape index (κ2) is 4.45. The van der Waals surface area contributed by atoms with Crippen LogP contribution in [0.15, 0.2) is 28.5 Å². The lowest BCUT2D eigenvalue weighted by atomic mass is 10.1. The molecule has 0 aliphatic carbocycles. The zero-order valence-corrected chi connectivity index (χ0v) is 12.7. The monoisotopic (exact) mass is 300 g/mol. The van der Waals surface area contributed by atoms with E-state index in [0.29, 0.717) is 16.7 Å². The average molecular weight is 300 g/mol. The molecule has 1 aromatic carbocycles. The molecule has 1 heterocycles. The Morgan fingerprint density at radius 3 is 2.42 bits per heavy atom. The second-order valence-electron chi connectivity index (χ2n) is 5.00. The van der Waals surface area contributed by atoms with Gasteiger partial charge in [0.15, 0.2) is 9.84 Å². The van der Waals surface area contributed by atoms with Crippen LogP contribution in [0.4, 0.5) is 0 Å². The number of hydrogen-bond acceptors (Lipinski definition) is 4. The van der Waals surface area contributed by atoms with E-state index in [1.54, 1.807) is 39.0 Å². The summed E-state index contributed by atoms with van der Waals surface area (Å²) in [7, 11) is -6.83. The van der Waals surface area contributed by atoms with E-state index in [4.69, 9.17) is 0 Å². The van der Waals surface area contributed by atoms with Gasteiger partial charge in [-0.05, 0) is 37.5 Å². The van der Waals surface area contributed by atoms with Gasteiger partial charge in [0.1, 0.15) is 0 Å². The first-order valence-electron chi connectivity index (χ1n) is 5.92. The number of hydrogen-bond donors (Lipinski definition) is 0. The molecular weight excluding hydrogens is 284 g/mol. The van der Waals surface area contributed by atoms with E-state index in [0.717, 1.165) is 5.41 Å². The van der Waals surface area contributed by atoms with Crippen LogP contribution in [0.3, 0.4) is 0 Å². The highest BCUT2D eigenvalue weighted by atomic mass is 32.2. The standard InChI is InChI=1S/C13H16O4S2/c1-9(2)18(14,15)7-11-8-19(16,17)13-10(3)5-4-6-12(11)13/h4-6,8-9H,7H2,1-3H3. The van der Waals surface area contributed by atoms with Crippen molar-refractivity contribution >= 4 is 25.2 Å². The van der Waals surface area contributed by atoms with Crippen LogP contribution in [0, 0.1) is 6.92 Å². The van der Waals surface area contributed by atoms with Crippen molar-refractivity contribution in [3.8, 4) is 0 Å². The largest absolute Gasteiger partial charge is 0.228 e. The van der Waals surface area contributed by atoms with Gasteiger partial charge < -0.3 is 0 Å². The van der Waals surface area contributed by atoms with E-state index in [1.807, 2.05) is 0 Å². The predicted octanol–water partition coefficient (Wildman–Crippen LogP) is 1.95. The molecule has 1 aliphatic heterocycles. The molecule has 0 radical (unpaired) electrons. The third kappa shape index (κ3) is 2.47. The number of aryl methyl sites for hydroxylation is 1. The SMILES string of the molecule is Cc1cccc2c1S(=O)(=O)C=C2CS(=O)(=O)C(C)C. The van der Waals surface area contributed by atoms with Crippen LogP contribution in [0.1, 0.15) is 25.0 Å². The third-order valence-corrected chi connectivity index (χ3v) is 7.07. The van der Waals surface area contributed by atoms with Gasteiger partial charge in [-0.3, -0.25) is 0 Å². The molecule has 1 aromatic rings. The molecule has 0 amide bonds. The summed E-state index contributed by atoms with van der Waals surface area (Å²) in [6.45, 7) is 4.90. The molecule has 2 rings (SSSR count). The van der Waals surface area contributed by atoms with Gasteiger partial charge in [-0.2, -0.15) is 0 Å². The zero-order valence-electron chi connectivity index (χ0n) is 11.0. The lowest BCUT2D eigenvalue weighted by Crippen LogP contribution is -2.18. The van der Waals surface area contributed by atoms with Gasteiger partial charge in [0.2, 0.25) is 9.84 Å². The Hall–Kier alpha value is -1.14. The first-order valence-corrected chi connectivity index (χ1v) is 9.18. The normalized spacial score (nSPS) is 17.4. The van der Waals surface area contributed by atoms with Gasteiger partial charge in [-0.25, -0.2) is 16.8 Å². The van der Waals surface area contributed by atoms with Crippen LogP contribution in [0.5, 0.6) is 0 Å². The molecule has 1 aliphatic rings. The van der Waals surface area contributed by atoms with Crippen molar-refractivity contribution in [3.05, 3.63) is 34.7 Å². The summed E-state index contributed by atoms with van der Waals surface area (Å²) in [4.78, 5) is 0.240. The summed E-state index contributed by atoms with van der Waals surface area (Å²) in [6, 6.07) is 5.11. The van der Waals surface area contributed by atoms with Gasteiger partial charge in [0.05, 0.1) is 15.9 Å². The number of benzene rings is 1. The number of sulfone groups is 2. The Morgan fingerprint density at radius 1 is 1.21 bits per heavy atom. The summed E-state index contributed by atoms with van der Waals surface area (Å²) in [6.07, 6.45) is 0. The highest BCUT2D eigenvalue weighted by molar-refractivity contribution is 7.95. The van der Waals surface area contributed by atoms with E-state index in [1.165, 1.54) is 0 Å². The Bertz CT molecular complexity index is 754. The van der Waals surface area contributed by atoms with E-state index in [2.05, 4.69) is 0 Å². The van der Waals surface area contributed by atoms with Crippen molar-refractivity contribution in [2.45, 2.75) is 30.9 Å². The minimum Gasteiger partial charge on any atom is -0.228 e. The molecule has 0 unspecified atom stereocenters. The van der Waals surface area contributed by atoms with Crippen molar-refractivity contribution in [2.24, 2.45) is 0 Å². The lowest BCUT2D eigenvalue weighted by Gasteiger charge is -2.09. The first-order chi connectivity index (χ1) is 8.65. The molecule has 0 aromatic heterocycles. The van der Waals surface area contributed by atoms with Crippen molar-refractivity contribution in [1.82, 2.24) is 0 Å². The predicted molar refractivity (Wildman–Crippen MR) is 75.3 cm³/mol. The van der Waals surface area contributed by atoms with E-state index in [9.17, 15) is 16.8 Å². The fraction of sp³-hybridized carbons (Fsp3) is 0.385. The minimum absolute atomic E-state index is 0.236. The lowest BCUT2D eigenvalue weighted by molar-refractivity contribution is 0.590. The van der Waals surface area contributed by atoms with Crippen LogP contribution in [0.2, 0.25) is 0 Å². The molecule has 0 saturated heterocycles. The van der Waals surface area contributed by atoms with Gasteiger partial charge in [0, 0.05) is 5.41 Å². The fourth-order valence-electron chi connectivity index (χ4n) is 2.09. The van der Waals surface area contributed by atoms with Gasteiger partial charge in [0.25, 0.3) is 0 Å². The molecule has 0 fully saturated rings. The average Bonchev–Trinajstić information content (AvgIpc) is 2.50. The first kappa shape index (κ1) is 14.3. The van der Waals surface area contributed by atoms with Crippen LogP contribution in [-0.4, -0.2) is 27.8 Å². The van der Waals surface area contributed by atoms with Crippen molar-refractivity contribution in [2.75, 3.05) is 5.75 Å². The summed E-state index contributed by atoms with van der Waals surface area (Å²) in [5, 5.41) is 0.565. The van der Waals surface area contributed by atoms with Crippen molar-refractivity contribution < 1.29 is 16.8 Å². The molecule has 0 bridgehead atoms. The fourth-order valence-corrected chi connectivity index (χ4v) is 4.92. The quantitative estimate of drug-likeness (QED) is 0.855. The number of fused-ring (bicyclic) bond motifs is 1. The summed E-state index contributed by atoms with van der Waals surface area (Å²) >= 11 is 0. The Balaban J connectivity index is 2.57. The van der Waals surface area contributed by atoms with Gasteiger partial charge in [-0.15, -0.1) is 0 Å². The molecule has 0 N–H and O–H groups in total. The third-order valence-electron chi connectivity index (χ3n) is 3.21. The molecule has 4 nitrogen and oxygen atoms in total. The van der Waals surface area contributed by atoms with E-state index < -0.39 is 24.9 Å². The smallest absolute Gasteiger partial charge is 0.201 e. The van der Waals surface area contributed by atoms with E-state index >= 15 is 0 Å².